The molecule has 1 heterocycles. The van der Waals surface area contributed by atoms with Gasteiger partial charge < -0.3 is 9.94 Å². The molecule has 146 valence electrons. The van der Waals surface area contributed by atoms with Crippen LogP contribution >= 0.6 is 0 Å². The molecule has 0 aliphatic heterocycles. The molecule has 1 aromatic heterocycles. The molecule has 4 rings (SSSR count). The number of nitrogens with one attached hydrogen (secondary N) is 1. The Labute approximate surface area is 164 Å². The maximum atomic E-state index is 12.8. The van der Waals surface area contributed by atoms with E-state index in [2.05, 4.69) is 10.5 Å². The Morgan fingerprint density at radius 2 is 1.86 bits per heavy atom. The van der Waals surface area contributed by atoms with Crippen LogP contribution < -0.4 is 10.2 Å². The Morgan fingerprint density at radius 3 is 2.64 bits per heavy atom. The van der Waals surface area contributed by atoms with Crippen molar-refractivity contribution >= 4 is 20.7 Å². The van der Waals surface area contributed by atoms with Crippen molar-refractivity contribution in [3.8, 4) is 5.75 Å². The van der Waals surface area contributed by atoms with E-state index in [1.807, 2.05) is 30.3 Å². The SMILES string of the molecule is O=S(=O)(c1ccc(OCc2ccnc3ccccc23)cc1)C1CCCC1NO. The molecule has 7 heteroatoms. The molecule has 0 radical (unpaired) electrons. The van der Waals surface area contributed by atoms with Gasteiger partial charge in [-0.1, -0.05) is 24.6 Å². The van der Waals surface area contributed by atoms with E-state index in [0.717, 1.165) is 22.9 Å². The van der Waals surface area contributed by atoms with E-state index < -0.39 is 21.1 Å². The third kappa shape index (κ3) is 3.61. The molecule has 2 N–H and O–H groups in total. The molecular weight excluding hydrogens is 376 g/mol. The lowest BCUT2D eigenvalue weighted by molar-refractivity contribution is 0.129. The summed E-state index contributed by atoms with van der Waals surface area (Å²) >= 11 is 0. The van der Waals surface area contributed by atoms with Crippen molar-refractivity contribution in [1.29, 1.82) is 0 Å². The molecule has 6 nitrogen and oxygen atoms in total. The number of hydrogen-bond donors (Lipinski definition) is 2. The molecule has 1 saturated carbocycles. The highest BCUT2D eigenvalue weighted by Crippen LogP contribution is 2.31. The maximum absolute atomic E-state index is 12.8. The van der Waals surface area contributed by atoms with Crippen LogP contribution in [0.2, 0.25) is 0 Å². The van der Waals surface area contributed by atoms with Crippen molar-refractivity contribution in [3.63, 3.8) is 0 Å². The van der Waals surface area contributed by atoms with Gasteiger partial charge in [0, 0.05) is 23.2 Å². The van der Waals surface area contributed by atoms with Crippen LogP contribution in [0.15, 0.2) is 65.7 Å². The first-order valence-electron chi connectivity index (χ1n) is 9.28. The van der Waals surface area contributed by atoms with Crippen LogP contribution in [0, 0.1) is 0 Å². The first-order valence-corrected chi connectivity index (χ1v) is 10.8. The number of hydroxylamine groups is 1. The molecule has 28 heavy (non-hydrogen) atoms. The topological polar surface area (TPSA) is 88.5 Å². The number of para-hydroxylation sites is 1. The van der Waals surface area contributed by atoms with E-state index in [9.17, 15) is 13.6 Å². The molecule has 3 aromatic rings. The van der Waals surface area contributed by atoms with Crippen molar-refractivity contribution in [2.45, 2.75) is 42.1 Å². The molecule has 0 spiro atoms. The highest BCUT2D eigenvalue weighted by molar-refractivity contribution is 7.92. The lowest BCUT2D eigenvalue weighted by Crippen LogP contribution is -2.38. The summed E-state index contributed by atoms with van der Waals surface area (Å²) in [6.45, 7) is 0.369. The van der Waals surface area contributed by atoms with E-state index in [-0.39, 0.29) is 4.90 Å². The lowest BCUT2D eigenvalue weighted by Gasteiger charge is -2.18. The van der Waals surface area contributed by atoms with Crippen LogP contribution in [-0.2, 0) is 16.4 Å². The quantitative estimate of drug-likeness (QED) is 0.618. The van der Waals surface area contributed by atoms with E-state index in [1.54, 1.807) is 30.5 Å². The van der Waals surface area contributed by atoms with Gasteiger partial charge in [-0.2, -0.15) is 0 Å². The third-order valence-corrected chi connectivity index (χ3v) is 7.59. The summed E-state index contributed by atoms with van der Waals surface area (Å²) in [5.41, 5.74) is 4.07. The minimum Gasteiger partial charge on any atom is -0.489 e. The Balaban J connectivity index is 1.49. The van der Waals surface area contributed by atoms with Crippen LogP contribution in [-0.4, -0.2) is 29.9 Å². The zero-order valence-electron chi connectivity index (χ0n) is 15.3. The summed E-state index contributed by atoms with van der Waals surface area (Å²) in [7, 11) is -3.50. The Morgan fingerprint density at radius 1 is 1.07 bits per heavy atom. The van der Waals surface area contributed by atoms with Gasteiger partial charge in [-0.25, -0.2) is 13.9 Å². The minimum atomic E-state index is -3.50. The molecule has 1 aliphatic rings. The van der Waals surface area contributed by atoms with E-state index >= 15 is 0 Å². The first-order chi connectivity index (χ1) is 13.6. The Kier molecular flexibility index (Phi) is 5.30. The molecule has 0 saturated heterocycles. The average Bonchev–Trinajstić information content (AvgIpc) is 3.22. The van der Waals surface area contributed by atoms with Crippen molar-refractivity contribution in [2.24, 2.45) is 0 Å². The molecule has 0 bridgehead atoms. The van der Waals surface area contributed by atoms with Gasteiger partial charge in [0.05, 0.1) is 15.7 Å². The van der Waals surface area contributed by atoms with E-state index in [4.69, 9.17) is 4.74 Å². The molecule has 2 atom stereocenters. The van der Waals surface area contributed by atoms with Gasteiger partial charge in [-0.15, -0.1) is 0 Å². The van der Waals surface area contributed by atoms with Gasteiger partial charge in [0.25, 0.3) is 0 Å². The molecule has 0 amide bonds. The minimum absolute atomic E-state index is 0.251. The number of hydrogen-bond acceptors (Lipinski definition) is 6. The van der Waals surface area contributed by atoms with Gasteiger partial charge in [0.15, 0.2) is 9.84 Å². The molecule has 1 fully saturated rings. The highest BCUT2D eigenvalue weighted by Gasteiger charge is 2.38. The summed E-state index contributed by atoms with van der Waals surface area (Å²) in [6, 6.07) is 15.9. The van der Waals surface area contributed by atoms with E-state index in [1.165, 1.54) is 0 Å². The van der Waals surface area contributed by atoms with Gasteiger partial charge >= 0.3 is 0 Å². The molecule has 2 aromatic carbocycles. The summed E-state index contributed by atoms with van der Waals surface area (Å²) in [5.74, 6) is 0.600. The summed E-state index contributed by atoms with van der Waals surface area (Å²) in [6.07, 6.45) is 3.74. The zero-order valence-corrected chi connectivity index (χ0v) is 16.1. The number of fused-ring (bicyclic) bond motifs is 1. The van der Waals surface area contributed by atoms with Crippen LogP contribution in [0.4, 0.5) is 0 Å². The third-order valence-electron chi connectivity index (χ3n) is 5.30. The van der Waals surface area contributed by atoms with Crippen molar-refractivity contribution in [3.05, 3.63) is 66.4 Å². The second-order valence-electron chi connectivity index (χ2n) is 7.00. The number of rotatable bonds is 6. The molecular formula is C21H22N2O4S. The Bertz CT molecular complexity index is 1060. The second kappa shape index (κ2) is 7.87. The first kappa shape index (κ1) is 18.9. The van der Waals surface area contributed by atoms with Gasteiger partial charge in [0.1, 0.15) is 12.4 Å². The predicted octanol–water partition coefficient (Wildman–Crippen LogP) is 3.49. The monoisotopic (exact) mass is 398 g/mol. The number of ether oxygens (including phenoxy) is 1. The van der Waals surface area contributed by atoms with Gasteiger partial charge in [-0.05, 0) is 49.2 Å². The standard InChI is InChI=1S/C21H22N2O4S/c24-23-20-6-3-7-21(20)28(25,26)17-10-8-16(9-11-17)27-14-15-12-13-22-19-5-2-1-4-18(15)19/h1-2,4-5,8-13,20-21,23-24H,3,6-7,14H2. The fourth-order valence-corrected chi connectivity index (χ4v) is 5.76. The lowest BCUT2D eigenvalue weighted by atomic mass is 10.1. The highest BCUT2D eigenvalue weighted by atomic mass is 32.2. The number of nitrogens with zero attached hydrogens (tertiary/aromatic N) is 1. The maximum Gasteiger partial charge on any atom is 0.182 e. The molecule has 1 aliphatic carbocycles. The van der Waals surface area contributed by atoms with E-state index in [0.29, 0.717) is 25.2 Å². The van der Waals surface area contributed by atoms with Gasteiger partial charge in [-0.3, -0.25) is 4.98 Å². The smallest absolute Gasteiger partial charge is 0.182 e. The molecule has 2 unspecified atom stereocenters. The van der Waals surface area contributed by atoms with Crippen LogP contribution in [0.1, 0.15) is 24.8 Å². The van der Waals surface area contributed by atoms with Crippen molar-refractivity contribution in [1.82, 2.24) is 10.5 Å². The summed E-state index contributed by atoms with van der Waals surface area (Å²) in [5, 5.41) is 9.64. The average molecular weight is 398 g/mol. The second-order valence-corrected chi connectivity index (χ2v) is 9.16. The van der Waals surface area contributed by atoms with Crippen molar-refractivity contribution in [2.75, 3.05) is 0 Å². The van der Waals surface area contributed by atoms with Crippen molar-refractivity contribution < 1.29 is 18.4 Å². The number of pyridine rings is 1. The normalized spacial score (nSPS) is 19.8. The Hall–Kier alpha value is -2.48. The fourth-order valence-electron chi connectivity index (χ4n) is 3.79. The number of aromatic nitrogens is 1. The van der Waals surface area contributed by atoms with Crippen LogP contribution in [0.3, 0.4) is 0 Å². The zero-order chi connectivity index (χ0) is 19.6. The summed E-state index contributed by atoms with van der Waals surface area (Å²) < 4.78 is 31.5. The largest absolute Gasteiger partial charge is 0.489 e. The van der Waals surface area contributed by atoms with Gasteiger partial charge in [0.2, 0.25) is 0 Å². The van der Waals surface area contributed by atoms with Crippen LogP contribution in [0.5, 0.6) is 5.75 Å². The predicted molar refractivity (Wildman–Crippen MR) is 106 cm³/mol. The number of sulfone groups is 1. The number of benzene rings is 2. The fraction of sp³-hybridized carbons (Fsp3) is 0.286. The van der Waals surface area contributed by atoms with Crippen LogP contribution in [0.25, 0.3) is 10.9 Å². The summed E-state index contributed by atoms with van der Waals surface area (Å²) in [4.78, 5) is 4.59.